The van der Waals surface area contributed by atoms with E-state index in [-0.39, 0.29) is 107 Å². The molecule has 14 N–H and O–H groups in total. The number of hydrogen-bond donors (Lipinski definition) is 8. The molecule has 19 heavy (non-hydrogen) atoms. The molecule has 0 aliphatic rings. The van der Waals surface area contributed by atoms with Crippen LogP contribution in [0.15, 0.2) is 0 Å². The summed E-state index contributed by atoms with van der Waals surface area (Å²) >= 11 is 0. The fourth-order valence-electron chi connectivity index (χ4n) is 0.284. The van der Waals surface area contributed by atoms with Gasteiger partial charge in [-0.05, 0) is 0 Å². The van der Waals surface area contributed by atoms with Gasteiger partial charge in [-0.2, -0.15) is 8.62 Å². The van der Waals surface area contributed by atoms with Crippen molar-refractivity contribution < 1.29 is 46.8 Å². The fourth-order valence-corrected chi connectivity index (χ4v) is 2.82. The molecule has 0 bridgehead atoms. The van der Waals surface area contributed by atoms with Gasteiger partial charge in [-0.3, -0.25) is 0 Å². The van der Waals surface area contributed by atoms with E-state index in [1.807, 2.05) is 0 Å². The van der Waals surface area contributed by atoms with Crippen LogP contribution in [0.4, 0.5) is 0 Å². The second-order valence-electron chi connectivity index (χ2n) is 1.61. The van der Waals surface area contributed by atoms with Crippen molar-refractivity contribution in [3.63, 3.8) is 0 Å². The molecule has 0 saturated heterocycles. The van der Waals surface area contributed by atoms with Crippen LogP contribution in [0.2, 0.25) is 0 Å². The first-order valence-corrected chi connectivity index (χ1v) is 6.83. The molecule has 0 aliphatic carbocycles. The Morgan fingerprint density at radius 2 is 0.737 bits per heavy atom. The molecule has 0 radical (unpaired) electrons. The van der Waals surface area contributed by atoms with Crippen LogP contribution < -0.4 is 18.5 Å². The van der Waals surface area contributed by atoms with Gasteiger partial charge in [-0.15, -0.1) is 0 Å². The standard InChI is InChI=1S/3H3N.3Na.H5O10P3.3H/c;;;;;;1-11(2,3)9-13(7,8)10-12(4,5)6;;;/h3*1H3;;;;(H,7,8)(H2,1,2,3)(H2,4,5,6);;;. The molecule has 0 fully saturated rings. The first kappa shape index (κ1) is 43.2. The van der Waals surface area contributed by atoms with E-state index in [9.17, 15) is 13.7 Å². The molecule has 110 valence electrons. The molecule has 0 unspecified atom stereocenters. The summed E-state index contributed by atoms with van der Waals surface area (Å²) in [5, 5.41) is 0. The van der Waals surface area contributed by atoms with E-state index in [2.05, 4.69) is 8.62 Å². The van der Waals surface area contributed by atoms with Crippen molar-refractivity contribution in [2.24, 2.45) is 0 Å². The van der Waals surface area contributed by atoms with Crippen molar-refractivity contribution in [1.82, 2.24) is 18.5 Å². The van der Waals surface area contributed by atoms with E-state index < -0.39 is 23.5 Å². The summed E-state index contributed by atoms with van der Waals surface area (Å²) in [4.78, 5) is 40.2. The van der Waals surface area contributed by atoms with Crippen LogP contribution in [0, 0.1) is 0 Å². The fraction of sp³-hybridized carbons (Fsp3) is 0. The second kappa shape index (κ2) is 16.2. The minimum absolute atomic E-state index is 0. The maximum absolute atomic E-state index is 10.4. The van der Waals surface area contributed by atoms with E-state index in [1.165, 1.54) is 0 Å². The number of phosphoric acid groups is 3. The first-order chi connectivity index (χ1) is 5.41. The molecule has 0 saturated carbocycles. The van der Waals surface area contributed by atoms with Crippen LogP contribution in [0.3, 0.4) is 0 Å². The summed E-state index contributed by atoms with van der Waals surface area (Å²) in [6, 6.07) is 0. The topological polar surface area (TPSA) is 276 Å². The zero-order chi connectivity index (χ0) is 10.9. The molecule has 0 aromatic carbocycles. The third kappa shape index (κ3) is 33.9. The summed E-state index contributed by atoms with van der Waals surface area (Å²) in [5.74, 6) is 0. The molecule has 13 nitrogen and oxygen atoms in total. The summed E-state index contributed by atoms with van der Waals surface area (Å²) in [5.41, 5.74) is 0. The van der Waals surface area contributed by atoms with Crippen molar-refractivity contribution in [3.8, 4) is 0 Å². The van der Waals surface area contributed by atoms with Crippen molar-refractivity contribution in [3.05, 3.63) is 0 Å². The molecule has 0 rings (SSSR count). The van der Waals surface area contributed by atoms with Gasteiger partial charge in [-0.1, -0.05) is 0 Å². The SMILES string of the molecule is N.N.N.O=P(O)(O)OP(=O)(O)OP(=O)(O)O.[NaH].[NaH].[NaH]. The van der Waals surface area contributed by atoms with E-state index >= 15 is 0 Å². The molecular weight excluding hydrogens is 364 g/mol. The average molecular weight is 381 g/mol. The van der Waals surface area contributed by atoms with Gasteiger partial charge in [0.25, 0.3) is 0 Å². The second-order valence-corrected chi connectivity index (χ2v) is 5.82. The van der Waals surface area contributed by atoms with Gasteiger partial charge < -0.3 is 42.9 Å². The Hall–Kier alpha value is 3.29. The normalized spacial score (nSPS) is 9.95. The van der Waals surface area contributed by atoms with Gasteiger partial charge in [0.2, 0.25) is 0 Å². The predicted octanol–water partition coefficient (Wildman–Crippen LogP) is -2.15. The van der Waals surface area contributed by atoms with Gasteiger partial charge >= 0.3 is 112 Å². The van der Waals surface area contributed by atoms with Crippen LogP contribution in [-0.2, 0) is 22.3 Å². The molecule has 0 aromatic heterocycles. The number of hydrogen-bond acceptors (Lipinski definition) is 8. The Morgan fingerprint density at radius 1 is 0.579 bits per heavy atom. The third-order valence-corrected chi connectivity index (χ3v) is 3.77. The Bertz CT molecular complexity index is 295. The zero-order valence-corrected chi connectivity index (χ0v) is 10.4. The zero-order valence-electron chi connectivity index (χ0n) is 7.74. The summed E-state index contributed by atoms with van der Waals surface area (Å²) in [6.45, 7) is 0. The molecule has 0 spiro atoms. The monoisotopic (exact) mass is 381 g/mol. The van der Waals surface area contributed by atoms with Crippen LogP contribution >= 0.6 is 23.5 Å². The minimum atomic E-state index is -5.46. The number of rotatable bonds is 4. The Morgan fingerprint density at radius 3 is 0.842 bits per heavy atom. The van der Waals surface area contributed by atoms with Crippen molar-refractivity contribution in [2.45, 2.75) is 0 Å². The first-order valence-electron chi connectivity index (χ1n) is 2.28. The molecule has 0 amide bonds. The molecule has 0 aliphatic heterocycles. The van der Waals surface area contributed by atoms with Gasteiger partial charge in [0, 0.05) is 0 Å². The third-order valence-electron chi connectivity index (χ3n) is 0.419. The predicted molar refractivity (Wildman–Crippen MR) is 72.6 cm³/mol. The summed E-state index contributed by atoms with van der Waals surface area (Å²) in [7, 11) is -16.2. The van der Waals surface area contributed by atoms with Gasteiger partial charge in [0.15, 0.2) is 0 Å². The van der Waals surface area contributed by atoms with Gasteiger partial charge in [-0.25, -0.2) is 13.7 Å². The average Bonchev–Trinajstić information content (AvgIpc) is 1.43. The van der Waals surface area contributed by atoms with Crippen LogP contribution in [-0.4, -0.2) is 113 Å². The van der Waals surface area contributed by atoms with Crippen molar-refractivity contribution in [2.75, 3.05) is 0 Å². The Balaban J connectivity index is -0.0000000480. The Kier molecular flexibility index (Phi) is 36.8. The van der Waals surface area contributed by atoms with Crippen molar-refractivity contribution in [1.29, 1.82) is 0 Å². The van der Waals surface area contributed by atoms with E-state index in [0.717, 1.165) is 0 Å². The molecular formula is H17N3Na3O10P3. The van der Waals surface area contributed by atoms with Crippen LogP contribution in [0.5, 0.6) is 0 Å². The summed E-state index contributed by atoms with van der Waals surface area (Å²) < 4.78 is 36.4. The van der Waals surface area contributed by atoms with Crippen LogP contribution in [0.1, 0.15) is 0 Å². The molecule has 0 atom stereocenters. The molecule has 0 aromatic rings. The van der Waals surface area contributed by atoms with E-state index in [1.54, 1.807) is 0 Å². The van der Waals surface area contributed by atoms with Crippen LogP contribution in [0.25, 0.3) is 0 Å². The Labute approximate surface area is 175 Å². The van der Waals surface area contributed by atoms with E-state index in [4.69, 9.17) is 24.5 Å². The van der Waals surface area contributed by atoms with Crippen molar-refractivity contribution >= 4 is 112 Å². The molecule has 0 heterocycles. The quantitative estimate of drug-likeness (QED) is 0.191. The maximum atomic E-state index is 10.4. The van der Waals surface area contributed by atoms with Gasteiger partial charge in [0.1, 0.15) is 0 Å². The molecule has 19 heteroatoms. The van der Waals surface area contributed by atoms with E-state index in [0.29, 0.717) is 0 Å². The van der Waals surface area contributed by atoms with Gasteiger partial charge in [0.05, 0.1) is 0 Å². The summed E-state index contributed by atoms with van der Waals surface area (Å²) in [6.07, 6.45) is 0.